The van der Waals surface area contributed by atoms with Gasteiger partial charge in [0.1, 0.15) is 16.7 Å². The summed E-state index contributed by atoms with van der Waals surface area (Å²) in [6.07, 6.45) is 4.97. The Morgan fingerprint density at radius 1 is 1.22 bits per heavy atom. The van der Waals surface area contributed by atoms with Gasteiger partial charge in [-0.25, -0.2) is 4.98 Å². The monoisotopic (exact) mass is 517 g/mol. The number of carbonyl (C=O) groups is 3. The fraction of sp³-hybridized carbons (Fsp3) is 0.222. The smallest absolute Gasteiger partial charge is 0.309 e. The number of hydrogen-bond acceptors (Lipinski definition) is 6. The molecule has 1 aromatic heterocycles. The molecular formula is C27H24ClN5O4. The molecule has 3 N–H and O–H groups in total. The van der Waals surface area contributed by atoms with Crippen LogP contribution in [0.1, 0.15) is 52.6 Å². The highest BCUT2D eigenvalue weighted by Gasteiger charge is 2.23. The molecule has 1 aliphatic rings. The lowest BCUT2D eigenvalue weighted by Crippen LogP contribution is -2.29. The van der Waals surface area contributed by atoms with Crippen molar-refractivity contribution in [3.8, 4) is 17.3 Å². The summed E-state index contributed by atoms with van der Waals surface area (Å²) >= 11 is 6.55. The SMILES string of the molecule is COC(=O)Cc1ccc2c(c1)NC(=O)CC/C=C/C[C@H](NC(=O)c1ccc(C#N)cc1)c1nc-2c(Cl)[nH]1. The number of nitrogens with one attached hydrogen (secondary N) is 3. The third-order valence-electron chi connectivity index (χ3n) is 5.86. The number of fused-ring (bicyclic) bond motifs is 4. The van der Waals surface area contributed by atoms with Crippen LogP contribution in [0.25, 0.3) is 11.3 Å². The van der Waals surface area contributed by atoms with Crippen molar-refractivity contribution in [1.29, 1.82) is 5.26 Å². The number of nitriles is 1. The van der Waals surface area contributed by atoms with Crippen LogP contribution in [0.5, 0.6) is 0 Å². The lowest BCUT2D eigenvalue weighted by molar-refractivity contribution is -0.139. The number of imidazole rings is 1. The molecule has 0 spiro atoms. The summed E-state index contributed by atoms with van der Waals surface area (Å²) in [4.78, 5) is 45.1. The average Bonchev–Trinajstić information content (AvgIpc) is 3.28. The van der Waals surface area contributed by atoms with E-state index in [9.17, 15) is 14.4 Å². The number of ether oxygens (including phenoxy) is 1. The first-order valence-corrected chi connectivity index (χ1v) is 12.0. The van der Waals surface area contributed by atoms with Crippen LogP contribution in [-0.2, 0) is 20.7 Å². The predicted octanol–water partition coefficient (Wildman–Crippen LogP) is 4.47. The average molecular weight is 518 g/mol. The minimum absolute atomic E-state index is 0.0470. The highest BCUT2D eigenvalue weighted by Crippen LogP contribution is 2.35. The Kier molecular flexibility index (Phi) is 8.01. The van der Waals surface area contributed by atoms with Crippen LogP contribution in [-0.4, -0.2) is 34.9 Å². The van der Waals surface area contributed by atoms with Crippen molar-refractivity contribution in [3.05, 3.63) is 82.3 Å². The third kappa shape index (κ3) is 6.23. The maximum Gasteiger partial charge on any atom is 0.309 e. The Labute approximate surface area is 218 Å². The van der Waals surface area contributed by atoms with Gasteiger partial charge in [-0.2, -0.15) is 5.26 Å². The summed E-state index contributed by atoms with van der Waals surface area (Å²) in [5.41, 5.74) is 2.96. The maximum atomic E-state index is 13.0. The maximum absolute atomic E-state index is 13.0. The number of benzene rings is 2. The van der Waals surface area contributed by atoms with Gasteiger partial charge in [-0.05, 0) is 48.7 Å². The van der Waals surface area contributed by atoms with Gasteiger partial charge in [0, 0.05) is 17.5 Å². The van der Waals surface area contributed by atoms with Gasteiger partial charge >= 0.3 is 5.97 Å². The quantitative estimate of drug-likeness (QED) is 0.345. The first-order valence-electron chi connectivity index (χ1n) is 11.6. The zero-order valence-corrected chi connectivity index (χ0v) is 20.8. The summed E-state index contributed by atoms with van der Waals surface area (Å²) in [6, 6.07) is 13.0. The second-order valence-electron chi connectivity index (χ2n) is 8.43. The summed E-state index contributed by atoms with van der Waals surface area (Å²) in [7, 11) is 1.32. The van der Waals surface area contributed by atoms with Gasteiger partial charge < -0.3 is 20.4 Å². The normalized spacial score (nSPS) is 16.0. The van der Waals surface area contributed by atoms with Crippen molar-refractivity contribution in [2.24, 2.45) is 0 Å². The van der Waals surface area contributed by atoms with Crippen LogP contribution >= 0.6 is 11.6 Å². The predicted molar refractivity (Wildman–Crippen MR) is 138 cm³/mol. The van der Waals surface area contributed by atoms with Crippen LogP contribution < -0.4 is 10.6 Å². The molecule has 1 aliphatic heterocycles. The van der Waals surface area contributed by atoms with Gasteiger partial charge in [0.05, 0.1) is 36.9 Å². The molecule has 37 heavy (non-hydrogen) atoms. The first kappa shape index (κ1) is 25.7. The number of allylic oxidation sites excluding steroid dienone is 1. The molecular weight excluding hydrogens is 494 g/mol. The number of amides is 2. The minimum atomic E-state index is -0.530. The lowest BCUT2D eigenvalue weighted by atomic mass is 10.0. The van der Waals surface area contributed by atoms with Crippen LogP contribution in [0.3, 0.4) is 0 Å². The van der Waals surface area contributed by atoms with E-state index >= 15 is 0 Å². The van der Waals surface area contributed by atoms with E-state index in [0.717, 1.165) is 0 Å². The van der Waals surface area contributed by atoms with E-state index in [2.05, 4.69) is 20.6 Å². The number of hydrogen-bond donors (Lipinski definition) is 3. The largest absolute Gasteiger partial charge is 0.469 e. The molecule has 2 amide bonds. The van der Waals surface area contributed by atoms with E-state index in [1.807, 2.05) is 18.2 Å². The van der Waals surface area contributed by atoms with Crippen molar-refractivity contribution in [3.63, 3.8) is 0 Å². The van der Waals surface area contributed by atoms with Gasteiger partial charge in [0.2, 0.25) is 5.91 Å². The summed E-state index contributed by atoms with van der Waals surface area (Å²) < 4.78 is 4.75. The van der Waals surface area contributed by atoms with Gasteiger partial charge in [0.15, 0.2) is 0 Å². The topological polar surface area (TPSA) is 137 Å². The Bertz CT molecular complexity index is 1410. The van der Waals surface area contributed by atoms with E-state index in [-0.39, 0.29) is 29.8 Å². The van der Waals surface area contributed by atoms with Crippen molar-refractivity contribution in [2.75, 3.05) is 12.4 Å². The van der Waals surface area contributed by atoms with E-state index in [1.165, 1.54) is 7.11 Å². The Morgan fingerprint density at radius 2 is 2.00 bits per heavy atom. The van der Waals surface area contributed by atoms with Crippen molar-refractivity contribution in [1.82, 2.24) is 15.3 Å². The Balaban J connectivity index is 1.70. The van der Waals surface area contributed by atoms with Crippen LogP contribution in [0.4, 0.5) is 5.69 Å². The molecule has 0 radical (unpaired) electrons. The zero-order valence-electron chi connectivity index (χ0n) is 20.0. The molecule has 2 heterocycles. The molecule has 0 unspecified atom stereocenters. The Hall–Kier alpha value is -4.42. The number of H-pyrrole nitrogens is 1. The fourth-order valence-electron chi connectivity index (χ4n) is 3.92. The zero-order chi connectivity index (χ0) is 26.4. The Morgan fingerprint density at radius 3 is 2.73 bits per heavy atom. The van der Waals surface area contributed by atoms with E-state index in [4.69, 9.17) is 21.6 Å². The summed E-state index contributed by atoms with van der Waals surface area (Å²) in [6.45, 7) is 0. The van der Waals surface area contributed by atoms with Gasteiger partial charge in [-0.1, -0.05) is 35.9 Å². The van der Waals surface area contributed by atoms with Crippen LogP contribution in [0.2, 0.25) is 5.15 Å². The van der Waals surface area contributed by atoms with Crippen LogP contribution in [0, 0.1) is 11.3 Å². The summed E-state index contributed by atoms with van der Waals surface area (Å²) in [5.74, 6) is -0.479. The number of anilines is 1. The molecule has 2 bridgehead atoms. The molecule has 0 fully saturated rings. The van der Waals surface area contributed by atoms with E-state index < -0.39 is 12.0 Å². The molecule has 0 saturated heterocycles. The van der Waals surface area contributed by atoms with Gasteiger partial charge in [0.25, 0.3) is 5.91 Å². The van der Waals surface area contributed by atoms with Gasteiger partial charge in [-0.3, -0.25) is 14.4 Å². The molecule has 0 aliphatic carbocycles. The number of nitrogens with zero attached hydrogens (tertiary/aromatic N) is 2. The number of rotatable bonds is 4. The molecule has 2 aromatic carbocycles. The van der Waals surface area contributed by atoms with E-state index in [1.54, 1.807) is 42.5 Å². The van der Waals surface area contributed by atoms with Crippen molar-refractivity contribution < 1.29 is 19.1 Å². The summed E-state index contributed by atoms with van der Waals surface area (Å²) in [5, 5.41) is 15.1. The standard InChI is InChI=1S/C27H24ClN5O4/c1-37-23(35)14-17-9-12-19-21(13-17)30-22(34)6-4-2-3-5-20(26-32-24(19)25(28)33-26)31-27(36)18-10-7-16(15-29)8-11-18/h2-3,7-13,20H,4-6,14H2,1H3,(H,30,34)(H,31,36)(H,32,33)/b3-2+/t20-/m0/s1. The molecule has 9 nitrogen and oxygen atoms in total. The van der Waals surface area contributed by atoms with Gasteiger partial charge in [-0.15, -0.1) is 0 Å². The molecule has 3 aromatic rings. The molecule has 10 heteroatoms. The molecule has 188 valence electrons. The van der Waals surface area contributed by atoms with Crippen LogP contribution in [0.15, 0.2) is 54.6 Å². The number of halogens is 1. The molecule has 1 atom stereocenters. The fourth-order valence-corrected chi connectivity index (χ4v) is 4.16. The third-order valence-corrected chi connectivity index (χ3v) is 6.13. The van der Waals surface area contributed by atoms with E-state index in [0.29, 0.717) is 52.3 Å². The first-order chi connectivity index (χ1) is 17.9. The lowest BCUT2D eigenvalue weighted by Gasteiger charge is -2.15. The van der Waals surface area contributed by atoms with Crippen molar-refractivity contribution in [2.45, 2.75) is 31.7 Å². The highest BCUT2D eigenvalue weighted by atomic mass is 35.5. The molecule has 0 saturated carbocycles. The number of methoxy groups -OCH3 is 1. The highest BCUT2D eigenvalue weighted by molar-refractivity contribution is 6.32. The number of aromatic amines is 1. The second kappa shape index (κ2) is 11.5. The number of carbonyl (C=O) groups excluding carboxylic acids is 3. The number of esters is 1. The second-order valence-corrected chi connectivity index (χ2v) is 8.80. The number of aromatic nitrogens is 2. The molecule has 4 rings (SSSR count). The van der Waals surface area contributed by atoms with Crippen molar-refractivity contribution >= 4 is 35.1 Å². The minimum Gasteiger partial charge on any atom is -0.469 e.